The highest BCUT2D eigenvalue weighted by atomic mass is 19.4. The van der Waals surface area contributed by atoms with Crippen LogP contribution in [0.5, 0.6) is 11.5 Å². The monoisotopic (exact) mass is 409 g/mol. The van der Waals surface area contributed by atoms with Gasteiger partial charge in [-0.15, -0.1) is 13.2 Å². The zero-order valence-electron chi connectivity index (χ0n) is 17.0. The topological polar surface area (TPSA) is 41.9 Å². The summed E-state index contributed by atoms with van der Waals surface area (Å²) in [6.45, 7) is 7.13. The van der Waals surface area contributed by atoms with Crippen LogP contribution in [0, 0.1) is 5.41 Å². The normalized spacial score (nSPS) is 18.8. The minimum Gasteiger partial charge on any atom is -0.491 e. The fourth-order valence-corrected chi connectivity index (χ4v) is 4.18. The maximum atomic E-state index is 12.5. The summed E-state index contributed by atoms with van der Waals surface area (Å²) in [4.78, 5) is 2.09. The number of rotatable bonds is 6. The summed E-state index contributed by atoms with van der Waals surface area (Å²) in [7, 11) is 1.96. The Balaban J connectivity index is 1.99. The number of hydrogen-bond acceptors (Lipinski definition) is 4. The van der Waals surface area contributed by atoms with Gasteiger partial charge in [0.25, 0.3) is 0 Å². The van der Waals surface area contributed by atoms with Crippen molar-refractivity contribution in [1.29, 1.82) is 0 Å². The first-order valence-electron chi connectivity index (χ1n) is 9.47. The second kappa shape index (κ2) is 7.54. The lowest BCUT2D eigenvalue weighted by atomic mass is 9.62. The van der Waals surface area contributed by atoms with Gasteiger partial charge in [0.15, 0.2) is 0 Å². The Hall–Kier alpha value is -2.25. The maximum Gasteiger partial charge on any atom is 0.573 e. The molecule has 0 radical (unpaired) electrons. The van der Waals surface area contributed by atoms with Crippen LogP contribution in [0.4, 0.5) is 13.2 Å². The molecule has 0 amide bonds. The standard InChI is InChI=1S/C22H26F3NO3/c1-15(2)28-18-9-5-16(6-10-18)21(27,20(3)13-26(4)14-20)17-7-11-19(12-8-17)29-22(23,24)25/h5-12,15,27H,13-14H2,1-4H3/t21-/m0/s1. The molecule has 3 rings (SSSR count). The summed E-state index contributed by atoms with van der Waals surface area (Å²) >= 11 is 0. The van der Waals surface area contributed by atoms with Crippen LogP contribution in [0.3, 0.4) is 0 Å². The number of nitrogens with zero attached hydrogens (tertiary/aromatic N) is 1. The van der Waals surface area contributed by atoms with Crippen molar-refractivity contribution in [3.63, 3.8) is 0 Å². The summed E-state index contributed by atoms with van der Waals surface area (Å²) in [6.07, 6.45) is -4.73. The van der Waals surface area contributed by atoms with Crippen LogP contribution in [0.25, 0.3) is 0 Å². The molecule has 0 bridgehead atoms. The number of ether oxygens (including phenoxy) is 2. The van der Waals surface area contributed by atoms with Crippen molar-refractivity contribution in [2.75, 3.05) is 20.1 Å². The highest BCUT2D eigenvalue weighted by Gasteiger charge is 2.55. The average Bonchev–Trinajstić information content (AvgIpc) is 2.59. The van der Waals surface area contributed by atoms with Crippen LogP contribution < -0.4 is 9.47 Å². The third kappa shape index (κ3) is 4.36. The van der Waals surface area contributed by atoms with Gasteiger partial charge >= 0.3 is 6.36 Å². The van der Waals surface area contributed by atoms with E-state index in [0.29, 0.717) is 30.0 Å². The maximum absolute atomic E-state index is 12.5. The van der Waals surface area contributed by atoms with Gasteiger partial charge in [0.2, 0.25) is 0 Å². The molecule has 0 aromatic heterocycles. The van der Waals surface area contributed by atoms with E-state index < -0.39 is 17.4 Å². The second-order valence-electron chi connectivity index (χ2n) is 8.21. The molecule has 1 heterocycles. The van der Waals surface area contributed by atoms with Crippen molar-refractivity contribution in [2.45, 2.75) is 38.8 Å². The predicted molar refractivity (Wildman–Crippen MR) is 104 cm³/mol. The molecule has 0 saturated carbocycles. The van der Waals surface area contributed by atoms with E-state index >= 15 is 0 Å². The van der Waals surface area contributed by atoms with Crippen molar-refractivity contribution in [2.24, 2.45) is 5.41 Å². The molecule has 2 aromatic rings. The Morgan fingerprint density at radius 1 is 0.931 bits per heavy atom. The Kier molecular flexibility index (Phi) is 5.58. The molecule has 29 heavy (non-hydrogen) atoms. The zero-order valence-corrected chi connectivity index (χ0v) is 17.0. The lowest BCUT2D eigenvalue weighted by Gasteiger charge is -2.56. The Morgan fingerprint density at radius 2 is 1.38 bits per heavy atom. The van der Waals surface area contributed by atoms with Gasteiger partial charge in [-0.05, 0) is 56.3 Å². The van der Waals surface area contributed by atoms with Gasteiger partial charge in [-0.1, -0.05) is 31.2 Å². The van der Waals surface area contributed by atoms with Gasteiger partial charge in [-0.3, -0.25) is 0 Å². The van der Waals surface area contributed by atoms with E-state index in [-0.39, 0.29) is 11.9 Å². The zero-order chi connectivity index (χ0) is 21.4. The van der Waals surface area contributed by atoms with E-state index in [1.165, 1.54) is 24.3 Å². The molecule has 0 unspecified atom stereocenters. The Morgan fingerprint density at radius 3 is 1.76 bits per heavy atom. The van der Waals surface area contributed by atoms with Crippen LogP contribution in [0.2, 0.25) is 0 Å². The van der Waals surface area contributed by atoms with Crippen LogP contribution in [-0.4, -0.2) is 42.6 Å². The van der Waals surface area contributed by atoms with E-state index in [1.54, 1.807) is 24.3 Å². The minimum absolute atomic E-state index is 0.0266. The predicted octanol–water partition coefficient (Wildman–Crippen LogP) is 4.56. The minimum atomic E-state index is -4.76. The van der Waals surface area contributed by atoms with Crippen LogP contribution in [-0.2, 0) is 5.60 Å². The fourth-order valence-electron chi connectivity index (χ4n) is 4.18. The number of halogens is 3. The SMILES string of the molecule is CC(C)Oc1ccc([C@](O)(c2ccc(OC(F)(F)F)cc2)C2(C)CN(C)C2)cc1. The van der Waals surface area contributed by atoms with Crippen LogP contribution in [0.1, 0.15) is 31.9 Å². The summed E-state index contributed by atoms with van der Waals surface area (Å²) in [5.41, 5.74) is -0.713. The molecule has 0 spiro atoms. The molecule has 1 N–H and O–H groups in total. The molecule has 4 nitrogen and oxygen atoms in total. The molecule has 158 valence electrons. The number of likely N-dealkylation sites (tertiary alicyclic amines) is 1. The van der Waals surface area contributed by atoms with Gasteiger partial charge in [-0.2, -0.15) is 0 Å². The van der Waals surface area contributed by atoms with E-state index in [2.05, 4.69) is 9.64 Å². The largest absolute Gasteiger partial charge is 0.573 e. The first kappa shape index (κ1) is 21.5. The number of aliphatic hydroxyl groups is 1. The lowest BCUT2D eigenvalue weighted by Crippen LogP contribution is -2.63. The molecule has 1 aliphatic rings. The summed E-state index contributed by atoms with van der Waals surface area (Å²) in [6, 6.07) is 12.7. The van der Waals surface area contributed by atoms with Crippen molar-refractivity contribution < 1.29 is 27.8 Å². The second-order valence-corrected chi connectivity index (χ2v) is 8.21. The highest BCUT2D eigenvalue weighted by molar-refractivity contribution is 5.44. The van der Waals surface area contributed by atoms with E-state index in [1.807, 2.05) is 27.8 Å². The van der Waals surface area contributed by atoms with Gasteiger partial charge in [-0.25, -0.2) is 0 Å². The number of alkyl halides is 3. The van der Waals surface area contributed by atoms with Crippen molar-refractivity contribution in [3.8, 4) is 11.5 Å². The quantitative estimate of drug-likeness (QED) is 0.760. The van der Waals surface area contributed by atoms with E-state index in [4.69, 9.17) is 4.74 Å². The smallest absolute Gasteiger partial charge is 0.491 e. The Labute approximate surface area is 168 Å². The van der Waals surface area contributed by atoms with Crippen molar-refractivity contribution in [3.05, 3.63) is 59.7 Å². The molecular formula is C22H26F3NO3. The first-order valence-corrected chi connectivity index (χ1v) is 9.47. The third-order valence-corrected chi connectivity index (χ3v) is 5.26. The third-order valence-electron chi connectivity index (χ3n) is 5.26. The highest BCUT2D eigenvalue weighted by Crippen LogP contribution is 2.50. The van der Waals surface area contributed by atoms with Gasteiger partial charge in [0.05, 0.1) is 6.10 Å². The van der Waals surface area contributed by atoms with E-state index in [9.17, 15) is 18.3 Å². The molecule has 2 aromatic carbocycles. The Bertz CT molecular complexity index is 828. The molecule has 1 aliphatic heterocycles. The summed E-state index contributed by atoms with van der Waals surface area (Å²) in [5, 5.41) is 11.9. The van der Waals surface area contributed by atoms with Crippen LogP contribution in [0.15, 0.2) is 48.5 Å². The molecule has 1 atom stereocenters. The van der Waals surface area contributed by atoms with Crippen molar-refractivity contribution in [1.82, 2.24) is 4.90 Å². The van der Waals surface area contributed by atoms with Gasteiger partial charge in [0, 0.05) is 18.5 Å². The average molecular weight is 409 g/mol. The molecular weight excluding hydrogens is 383 g/mol. The lowest BCUT2D eigenvalue weighted by molar-refractivity contribution is -0.274. The van der Waals surface area contributed by atoms with E-state index in [0.717, 1.165) is 0 Å². The van der Waals surface area contributed by atoms with Gasteiger partial charge < -0.3 is 19.5 Å². The van der Waals surface area contributed by atoms with Crippen LogP contribution >= 0.6 is 0 Å². The first-order chi connectivity index (χ1) is 13.4. The van der Waals surface area contributed by atoms with Crippen molar-refractivity contribution >= 4 is 0 Å². The molecule has 7 heteroatoms. The molecule has 1 saturated heterocycles. The molecule has 0 aliphatic carbocycles. The number of hydrogen-bond donors (Lipinski definition) is 1. The summed E-state index contributed by atoms with van der Waals surface area (Å²) in [5.74, 6) is 0.371. The fraction of sp³-hybridized carbons (Fsp3) is 0.455. The summed E-state index contributed by atoms with van der Waals surface area (Å²) < 4.78 is 47.1. The molecule has 1 fully saturated rings. The number of benzene rings is 2. The van der Waals surface area contributed by atoms with Gasteiger partial charge in [0.1, 0.15) is 17.1 Å².